The van der Waals surface area contributed by atoms with E-state index >= 15 is 0 Å². The van der Waals surface area contributed by atoms with Gasteiger partial charge in [0.25, 0.3) is 0 Å². The molecule has 0 bridgehead atoms. The summed E-state index contributed by atoms with van der Waals surface area (Å²) in [6.45, 7) is 7.83. The van der Waals surface area contributed by atoms with E-state index in [0.717, 1.165) is 50.9 Å². The van der Waals surface area contributed by atoms with Crippen molar-refractivity contribution in [1.29, 1.82) is 0 Å². The van der Waals surface area contributed by atoms with Gasteiger partial charge in [-0.2, -0.15) is 0 Å². The molecule has 4 heteroatoms. The monoisotopic (exact) mass is 395 g/mol. The first-order chi connectivity index (χ1) is 14.4. The van der Waals surface area contributed by atoms with Gasteiger partial charge in [-0.3, -0.25) is 9.78 Å². The first-order valence-electron chi connectivity index (χ1n) is 10.2. The molecule has 0 aliphatic carbocycles. The molecule has 0 spiro atoms. The lowest BCUT2D eigenvalue weighted by molar-refractivity contribution is 0.101. The van der Waals surface area contributed by atoms with Crippen LogP contribution in [0.25, 0.3) is 33.8 Å². The predicted octanol–water partition coefficient (Wildman–Crippen LogP) is 6.44. The van der Waals surface area contributed by atoms with Crippen LogP contribution in [0.4, 0.5) is 0 Å². The fraction of sp³-hybridized carbons (Fsp3) is 0.192. The SMILES string of the molecule is CC(=O)c1ccc(-c2cccc(-c3nc(C(C)C)[nH]c3-c3cccc(C)n3)c2)cc1. The number of rotatable bonds is 5. The van der Waals surface area contributed by atoms with Crippen molar-refractivity contribution in [2.45, 2.75) is 33.6 Å². The maximum Gasteiger partial charge on any atom is 0.159 e. The molecule has 0 saturated heterocycles. The molecule has 2 aromatic carbocycles. The average Bonchev–Trinajstić information content (AvgIpc) is 3.20. The molecule has 0 atom stereocenters. The Morgan fingerprint density at radius 1 is 0.867 bits per heavy atom. The molecule has 0 radical (unpaired) electrons. The third-order valence-corrected chi connectivity index (χ3v) is 5.17. The number of Topliss-reactive ketones (excluding diaryl/α,β-unsaturated/α-hetero) is 1. The van der Waals surface area contributed by atoms with Crippen molar-refractivity contribution < 1.29 is 4.79 Å². The molecule has 1 N–H and O–H groups in total. The highest BCUT2D eigenvalue weighted by Gasteiger charge is 2.17. The molecule has 150 valence electrons. The van der Waals surface area contributed by atoms with Gasteiger partial charge in [0.1, 0.15) is 5.82 Å². The Labute approximate surface area is 177 Å². The first-order valence-corrected chi connectivity index (χ1v) is 10.2. The highest BCUT2D eigenvalue weighted by molar-refractivity contribution is 5.94. The molecule has 2 heterocycles. The van der Waals surface area contributed by atoms with Crippen molar-refractivity contribution >= 4 is 5.78 Å². The number of aromatic amines is 1. The lowest BCUT2D eigenvalue weighted by Crippen LogP contribution is -1.91. The Morgan fingerprint density at radius 2 is 1.57 bits per heavy atom. The van der Waals surface area contributed by atoms with Crippen molar-refractivity contribution in [3.63, 3.8) is 0 Å². The van der Waals surface area contributed by atoms with Crippen LogP contribution < -0.4 is 0 Å². The number of hydrogen-bond donors (Lipinski definition) is 1. The van der Waals surface area contributed by atoms with Gasteiger partial charge >= 0.3 is 0 Å². The summed E-state index contributed by atoms with van der Waals surface area (Å²) in [5.74, 6) is 1.30. The van der Waals surface area contributed by atoms with E-state index in [1.54, 1.807) is 6.92 Å². The quantitative estimate of drug-likeness (QED) is 0.396. The molecule has 4 aromatic rings. The number of aryl methyl sites for hydroxylation is 1. The third-order valence-electron chi connectivity index (χ3n) is 5.17. The van der Waals surface area contributed by atoms with Crippen LogP contribution in [-0.2, 0) is 0 Å². The smallest absolute Gasteiger partial charge is 0.159 e. The van der Waals surface area contributed by atoms with E-state index in [1.807, 2.05) is 55.5 Å². The standard InChI is InChI=1S/C26H25N3O/c1-16(2)26-28-24(25(29-26)23-10-5-7-17(3)27-23)22-9-6-8-21(15-22)20-13-11-19(12-14-20)18(4)30/h5-16H,1-4H3,(H,28,29). The molecule has 0 unspecified atom stereocenters. The highest BCUT2D eigenvalue weighted by Crippen LogP contribution is 2.33. The fourth-order valence-electron chi connectivity index (χ4n) is 3.48. The van der Waals surface area contributed by atoms with E-state index < -0.39 is 0 Å². The van der Waals surface area contributed by atoms with E-state index in [0.29, 0.717) is 0 Å². The number of ketones is 1. The number of nitrogens with zero attached hydrogens (tertiary/aromatic N) is 2. The lowest BCUT2D eigenvalue weighted by Gasteiger charge is -2.07. The Hall–Kier alpha value is -3.53. The summed E-state index contributed by atoms with van der Waals surface area (Å²) in [7, 11) is 0. The Morgan fingerprint density at radius 3 is 2.23 bits per heavy atom. The number of carbonyl (C=O) groups excluding carboxylic acids is 1. The van der Waals surface area contributed by atoms with Gasteiger partial charge in [0, 0.05) is 22.7 Å². The summed E-state index contributed by atoms with van der Waals surface area (Å²) in [4.78, 5) is 24.7. The first kappa shape index (κ1) is 19.8. The predicted molar refractivity (Wildman–Crippen MR) is 122 cm³/mol. The molecule has 0 amide bonds. The zero-order chi connectivity index (χ0) is 21.3. The van der Waals surface area contributed by atoms with Crippen LogP contribution >= 0.6 is 0 Å². The second kappa shape index (κ2) is 8.07. The van der Waals surface area contributed by atoms with Gasteiger partial charge < -0.3 is 4.98 Å². The van der Waals surface area contributed by atoms with Crippen LogP contribution in [0.15, 0.2) is 66.7 Å². The molecular formula is C26H25N3O. The zero-order valence-electron chi connectivity index (χ0n) is 17.7. The number of pyridine rings is 1. The molecular weight excluding hydrogens is 370 g/mol. The molecule has 0 aliphatic heterocycles. The second-order valence-corrected chi connectivity index (χ2v) is 7.88. The van der Waals surface area contributed by atoms with Crippen molar-refractivity contribution in [2.24, 2.45) is 0 Å². The molecule has 4 nitrogen and oxygen atoms in total. The molecule has 0 saturated carbocycles. The Bertz CT molecular complexity index is 1200. The minimum absolute atomic E-state index is 0.0725. The number of aromatic nitrogens is 3. The van der Waals surface area contributed by atoms with Crippen molar-refractivity contribution in [3.05, 3.63) is 83.8 Å². The van der Waals surface area contributed by atoms with E-state index in [4.69, 9.17) is 9.97 Å². The van der Waals surface area contributed by atoms with Crippen LogP contribution in [-0.4, -0.2) is 20.7 Å². The van der Waals surface area contributed by atoms with E-state index in [1.165, 1.54) is 0 Å². The van der Waals surface area contributed by atoms with E-state index in [2.05, 4.69) is 37.0 Å². The Balaban J connectivity index is 1.81. The van der Waals surface area contributed by atoms with Crippen LogP contribution in [0.3, 0.4) is 0 Å². The van der Waals surface area contributed by atoms with Gasteiger partial charge in [0.05, 0.1) is 17.1 Å². The molecule has 0 fully saturated rings. The second-order valence-electron chi connectivity index (χ2n) is 7.88. The molecule has 4 rings (SSSR count). The van der Waals surface area contributed by atoms with Crippen LogP contribution in [0.2, 0.25) is 0 Å². The molecule has 0 aliphatic rings. The van der Waals surface area contributed by atoms with Crippen LogP contribution in [0, 0.1) is 6.92 Å². The number of H-pyrrole nitrogens is 1. The summed E-state index contributed by atoms with van der Waals surface area (Å²) >= 11 is 0. The van der Waals surface area contributed by atoms with Crippen molar-refractivity contribution in [1.82, 2.24) is 15.0 Å². The summed E-state index contributed by atoms with van der Waals surface area (Å²) in [5.41, 5.74) is 7.60. The number of imidazole rings is 1. The summed E-state index contributed by atoms with van der Waals surface area (Å²) in [6, 6.07) is 22.1. The minimum Gasteiger partial charge on any atom is -0.340 e. The summed E-state index contributed by atoms with van der Waals surface area (Å²) in [5, 5.41) is 0. The van der Waals surface area contributed by atoms with Gasteiger partial charge in [-0.1, -0.05) is 62.4 Å². The van der Waals surface area contributed by atoms with Gasteiger partial charge in [0.15, 0.2) is 5.78 Å². The maximum atomic E-state index is 11.6. The topological polar surface area (TPSA) is 58.6 Å². The van der Waals surface area contributed by atoms with Crippen LogP contribution in [0.5, 0.6) is 0 Å². The maximum absolute atomic E-state index is 11.6. The minimum atomic E-state index is 0.0725. The average molecular weight is 396 g/mol. The summed E-state index contributed by atoms with van der Waals surface area (Å²) < 4.78 is 0. The number of benzene rings is 2. The zero-order valence-corrected chi connectivity index (χ0v) is 17.7. The Kier molecular flexibility index (Phi) is 5.32. The van der Waals surface area contributed by atoms with Crippen molar-refractivity contribution in [2.75, 3.05) is 0 Å². The number of nitrogens with one attached hydrogen (secondary N) is 1. The lowest BCUT2D eigenvalue weighted by atomic mass is 9.99. The van der Waals surface area contributed by atoms with E-state index in [9.17, 15) is 4.79 Å². The van der Waals surface area contributed by atoms with Crippen molar-refractivity contribution in [3.8, 4) is 33.8 Å². The van der Waals surface area contributed by atoms with Gasteiger partial charge in [-0.05, 0) is 43.2 Å². The largest absolute Gasteiger partial charge is 0.340 e. The highest BCUT2D eigenvalue weighted by atomic mass is 16.1. The fourth-order valence-corrected chi connectivity index (χ4v) is 3.48. The third kappa shape index (κ3) is 3.94. The molecule has 2 aromatic heterocycles. The number of carbonyl (C=O) groups is 1. The van der Waals surface area contributed by atoms with Gasteiger partial charge in [-0.25, -0.2) is 4.98 Å². The normalized spacial score (nSPS) is 11.1. The molecule has 30 heavy (non-hydrogen) atoms. The number of hydrogen-bond acceptors (Lipinski definition) is 3. The van der Waals surface area contributed by atoms with E-state index in [-0.39, 0.29) is 11.7 Å². The van der Waals surface area contributed by atoms with Gasteiger partial charge in [-0.15, -0.1) is 0 Å². The van der Waals surface area contributed by atoms with Gasteiger partial charge in [0.2, 0.25) is 0 Å². The summed E-state index contributed by atoms with van der Waals surface area (Å²) in [6.07, 6.45) is 0. The van der Waals surface area contributed by atoms with Crippen LogP contribution in [0.1, 0.15) is 48.6 Å².